The normalized spacial score (nSPS) is 23.2. The van der Waals surface area contributed by atoms with Gasteiger partial charge in [0.25, 0.3) is 5.91 Å². The van der Waals surface area contributed by atoms with Crippen LogP contribution in [0.5, 0.6) is 0 Å². The van der Waals surface area contributed by atoms with Crippen LogP contribution in [0.25, 0.3) is 0 Å². The Morgan fingerprint density at radius 3 is 2.73 bits per heavy atom. The van der Waals surface area contributed by atoms with Gasteiger partial charge in [0.15, 0.2) is 5.92 Å². The van der Waals surface area contributed by atoms with Gasteiger partial charge in [-0.05, 0) is 13.0 Å². The minimum absolute atomic E-state index is 0.456. The zero-order chi connectivity index (χ0) is 8.43. The number of allylic oxidation sites excluding steroid dienone is 1. The number of carbonyl (C=O) groups is 2. The van der Waals surface area contributed by atoms with Crippen LogP contribution in [-0.4, -0.2) is 17.0 Å². The van der Waals surface area contributed by atoms with E-state index in [4.69, 9.17) is 5.11 Å². The van der Waals surface area contributed by atoms with Gasteiger partial charge in [0.2, 0.25) is 0 Å². The number of nitrogens with zero attached hydrogens (tertiary/aromatic N) is 2. The summed E-state index contributed by atoms with van der Waals surface area (Å²) in [5, 5.41) is 15.0. The molecule has 0 saturated carbocycles. The Balaban J connectivity index is 2.90. The minimum atomic E-state index is -1.19. The Bertz CT molecular complexity index is 267. The predicted octanol–water partition coefficient (Wildman–Crippen LogP) is 0.583. The van der Waals surface area contributed by atoms with E-state index in [1.807, 2.05) is 0 Å². The Morgan fingerprint density at radius 1 is 1.64 bits per heavy atom. The Morgan fingerprint density at radius 2 is 2.27 bits per heavy atom. The third-order valence-electron chi connectivity index (χ3n) is 1.25. The van der Waals surface area contributed by atoms with E-state index in [0.29, 0.717) is 5.70 Å². The third-order valence-corrected chi connectivity index (χ3v) is 1.25. The molecule has 0 fully saturated rings. The minimum Gasteiger partial charge on any atom is -0.480 e. The molecule has 0 saturated heterocycles. The molecule has 1 rings (SSSR count). The summed E-state index contributed by atoms with van der Waals surface area (Å²) in [7, 11) is 0. The quantitative estimate of drug-likeness (QED) is 0.561. The zero-order valence-electron chi connectivity index (χ0n) is 5.81. The predicted molar refractivity (Wildman–Crippen MR) is 34.7 cm³/mol. The molecule has 0 bridgehead atoms. The highest BCUT2D eigenvalue weighted by Gasteiger charge is 2.26. The van der Waals surface area contributed by atoms with Gasteiger partial charge in [-0.3, -0.25) is 9.59 Å². The van der Waals surface area contributed by atoms with Gasteiger partial charge in [-0.25, -0.2) is 0 Å². The second-order valence-electron chi connectivity index (χ2n) is 2.16. The van der Waals surface area contributed by atoms with Gasteiger partial charge in [-0.2, -0.15) is 5.11 Å². The molecule has 1 N–H and O–H groups in total. The second-order valence-corrected chi connectivity index (χ2v) is 2.16. The maximum Gasteiger partial charge on any atom is 0.320 e. The summed E-state index contributed by atoms with van der Waals surface area (Å²) >= 11 is 0. The summed E-state index contributed by atoms with van der Waals surface area (Å²) in [4.78, 5) is 21.0. The van der Waals surface area contributed by atoms with E-state index in [1.54, 1.807) is 6.92 Å². The molecule has 1 atom stereocenters. The summed E-state index contributed by atoms with van der Waals surface area (Å²) < 4.78 is 0. The number of carboxylic acid groups (broad SMARTS) is 1. The SMILES string of the molecule is CC1=C[C@H](C(=O)O)C(=O)N=N1. The lowest BCUT2D eigenvalue weighted by Gasteiger charge is -2.05. The van der Waals surface area contributed by atoms with Crippen LogP contribution < -0.4 is 0 Å². The monoisotopic (exact) mass is 154 g/mol. The van der Waals surface area contributed by atoms with E-state index in [1.165, 1.54) is 6.08 Å². The number of aliphatic carboxylic acids is 1. The summed E-state index contributed by atoms with van der Waals surface area (Å²) in [6, 6.07) is 0. The first-order valence-corrected chi connectivity index (χ1v) is 2.98. The van der Waals surface area contributed by atoms with Crippen LogP contribution in [0.15, 0.2) is 22.0 Å². The fraction of sp³-hybridized carbons (Fsp3) is 0.333. The zero-order valence-corrected chi connectivity index (χ0v) is 5.81. The third kappa shape index (κ3) is 1.49. The van der Waals surface area contributed by atoms with Gasteiger partial charge >= 0.3 is 5.97 Å². The van der Waals surface area contributed by atoms with Crippen molar-refractivity contribution in [1.29, 1.82) is 0 Å². The lowest BCUT2D eigenvalue weighted by molar-refractivity contribution is -0.144. The van der Waals surface area contributed by atoms with Crippen molar-refractivity contribution in [3.8, 4) is 0 Å². The molecule has 0 unspecified atom stereocenters. The van der Waals surface area contributed by atoms with Crippen LogP contribution in [0.3, 0.4) is 0 Å². The van der Waals surface area contributed by atoms with Crippen molar-refractivity contribution in [2.24, 2.45) is 16.1 Å². The molecular formula is C6H6N2O3. The standard InChI is InChI=1S/C6H6N2O3/c1-3-2-4(6(10)11)5(9)8-7-3/h2,4H,1H3,(H,10,11)/t4-/m0/s1. The Labute approximate surface area is 62.4 Å². The molecule has 0 aromatic rings. The highest BCUT2D eigenvalue weighted by Crippen LogP contribution is 2.13. The van der Waals surface area contributed by atoms with Crippen LogP contribution in [0, 0.1) is 5.92 Å². The maximum absolute atomic E-state index is 10.7. The van der Waals surface area contributed by atoms with Crippen molar-refractivity contribution >= 4 is 11.9 Å². The van der Waals surface area contributed by atoms with Crippen molar-refractivity contribution in [2.45, 2.75) is 6.92 Å². The van der Waals surface area contributed by atoms with Crippen LogP contribution in [0.4, 0.5) is 0 Å². The highest BCUT2D eigenvalue weighted by atomic mass is 16.4. The lowest BCUT2D eigenvalue weighted by atomic mass is 10.1. The number of amides is 1. The summed E-state index contributed by atoms with van der Waals surface area (Å²) in [5.41, 5.74) is 0.456. The number of carboxylic acids is 1. The molecule has 0 aliphatic carbocycles. The molecule has 1 aliphatic rings. The fourth-order valence-electron chi connectivity index (χ4n) is 0.713. The van der Waals surface area contributed by atoms with Crippen LogP contribution >= 0.6 is 0 Å². The number of rotatable bonds is 1. The average molecular weight is 154 g/mol. The molecule has 11 heavy (non-hydrogen) atoms. The molecule has 5 nitrogen and oxygen atoms in total. The smallest absolute Gasteiger partial charge is 0.320 e. The number of carbonyl (C=O) groups excluding carboxylic acids is 1. The highest BCUT2D eigenvalue weighted by molar-refractivity contribution is 5.99. The fourth-order valence-corrected chi connectivity index (χ4v) is 0.713. The van der Waals surface area contributed by atoms with Gasteiger partial charge in [-0.1, -0.05) is 0 Å². The van der Waals surface area contributed by atoms with Gasteiger partial charge < -0.3 is 5.11 Å². The molecular weight excluding hydrogens is 148 g/mol. The van der Waals surface area contributed by atoms with Crippen LogP contribution in [-0.2, 0) is 9.59 Å². The van der Waals surface area contributed by atoms with Gasteiger partial charge in [0.05, 0.1) is 5.70 Å². The molecule has 1 aliphatic heterocycles. The van der Waals surface area contributed by atoms with Crippen LogP contribution in [0.1, 0.15) is 6.92 Å². The van der Waals surface area contributed by atoms with Crippen molar-refractivity contribution in [3.05, 3.63) is 11.8 Å². The number of azo groups is 1. The molecule has 0 spiro atoms. The summed E-state index contributed by atoms with van der Waals surface area (Å²) in [6.45, 7) is 1.59. The van der Waals surface area contributed by atoms with Gasteiger partial charge in [-0.15, -0.1) is 5.11 Å². The van der Waals surface area contributed by atoms with Crippen molar-refractivity contribution in [3.63, 3.8) is 0 Å². The molecule has 0 aromatic carbocycles. The Hall–Kier alpha value is -1.52. The first-order valence-electron chi connectivity index (χ1n) is 2.98. The molecule has 5 heteroatoms. The molecule has 0 aromatic heterocycles. The maximum atomic E-state index is 10.7. The molecule has 0 radical (unpaired) electrons. The van der Waals surface area contributed by atoms with E-state index in [-0.39, 0.29) is 0 Å². The first-order chi connectivity index (χ1) is 5.11. The average Bonchev–Trinajstić information content (AvgIpc) is 1.94. The van der Waals surface area contributed by atoms with Gasteiger partial charge in [0, 0.05) is 0 Å². The van der Waals surface area contributed by atoms with Crippen LogP contribution in [0.2, 0.25) is 0 Å². The molecule has 1 heterocycles. The summed E-state index contributed by atoms with van der Waals surface area (Å²) in [5.74, 6) is -3.05. The number of hydrogen-bond acceptors (Lipinski definition) is 3. The summed E-state index contributed by atoms with van der Waals surface area (Å²) in [6.07, 6.45) is 1.28. The van der Waals surface area contributed by atoms with Crippen molar-refractivity contribution < 1.29 is 14.7 Å². The van der Waals surface area contributed by atoms with Gasteiger partial charge in [0.1, 0.15) is 0 Å². The molecule has 1 amide bonds. The van der Waals surface area contributed by atoms with E-state index in [0.717, 1.165) is 0 Å². The largest absolute Gasteiger partial charge is 0.480 e. The first kappa shape index (κ1) is 7.59. The lowest BCUT2D eigenvalue weighted by Crippen LogP contribution is -2.21. The topological polar surface area (TPSA) is 79.1 Å². The van der Waals surface area contributed by atoms with Crippen molar-refractivity contribution in [1.82, 2.24) is 0 Å². The second kappa shape index (κ2) is 2.61. The van der Waals surface area contributed by atoms with Crippen molar-refractivity contribution in [2.75, 3.05) is 0 Å². The van der Waals surface area contributed by atoms with E-state index >= 15 is 0 Å². The molecule has 58 valence electrons. The van der Waals surface area contributed by atoms with E-state index < -0.39 is 17.8 Å². The van der Waals surface area contributed by atoms with E-state index in [2.05, 4.69) is 10.2 Å². The number of hydrogen-bond donors (Lipinski definition) is 1. The Kier molecular flexibility index (Phi) is 1.80. The van der Waals surface area contributed by atoms with E-state index in [9.17, 15) is 9.59 Å².